The number of piperidine rings is 1. The Kier molecular flexibility index (Phi) is 6.23. The molecule has 7 heteroatoms. The summed E-state index contributed by atoms with van der Waals surface area (Å²) in [4.78, 5) is 9.80. The predicted molar refractivity (Wildman–Crippen MR) is 134 cm³/mol. The minimum absolute atomic E-state index is 0.301. The summed E-state index contributed by atoms with van der Waals surface area (Å²) in [5.41, 5.74) is 6.42. The van der Waals surface area contributed by atoms with Crippen LogP contribution in [0.4, 0.5) is 11.9 Å². The molecule has 2 bridgehead atoms. The molecule has 1 spiro atoms. The summed E-state index contributed by atoms with van der Waals surface area (Å²) in [5, 5.41) is 15.4. The van der Waals surface area contributed by atoms with Crippen molar-refractivity contribution in [3.8, 4) is 0 Å². The van der Waals surface area contributed by atoms with Gasteiger partial charge in [0.25, 0.3) is 0 Å². The number of benzene rings is 1. The topological polar surface area (TPSA) is 79.2 Å². The molecule has 0 saturated carbocycles. The van der Waals surface area contributed by atoms with Gasteiger partial charge in [0.15, 0.2) is 5.65 Å². The summed E-state index contributed by atoms with van der Waals surface area (Å²) in [5.74, 6) is 1.80. The van der Waals surface area contributed by atoms with Crippen LogP contribution < -0.4 is 16.0 Å². The van der Waals surface area contributed by atoms with Crippen LogP contribution in [0.5, 0.6) is 0 Å². The second kappa shape index (κ2) is 9.29. The van der Waals surface area contributed by atoms with E-state index in [1.165, 1.54) is 48.8 Å². The molecule has 33 heavy (non-hydrogen) atoms. The van der Waals surface area contributed by atoms with E-state index in [-0.39, 0.29) is 0 Å². The molecule has 2 aliphatic heterocycles. The van der Waals surface area contributed by atoms with E-state index in [9.17, 15) is 0 Å². The zero-order valence-corrected chi connectivity index (χ0v) is 20.2. The number of aromatic nitrogens is 4. The van der Waals surface area contributed by atoms with Crippen molar-refractivity contribution in [2.75, 3.05) is 30.3 Å². The van der Waals surface area contributed by atoms with Gasteiger partial charge in [-0.05, 0) is 74.6 Å². The molecule has 1 fully saturated rings. The van der Waals surface area contributed by atoms with Crippen LogP contribution in [-0.4, -0.2) is 39.2 Å². The van der Waals surface area contributed by atoms with Crippen molar-refractivity contribution in [1.29, 1.82) is 0 Å². The third-order valence-corrected chi connectivity index (χ3v) is 7.51. The predicted octanol–water partition coefficient (Wildman–Crippen LogP) is 4.68. The Morgan fingerprint density at radius 2 is 1.85 bits per heavy atom. The third-order valence-electron chi connectivity index (χ3n) is 7.51. The van der Waals surface area contributed by atoms with Crippen molar-refractivity contribution >= 4 is 17.5 Å². The summed E-state index contributed by atoms with van der Waals surface area (Å²) in [6.45, 7) is 10.4. The number of hydrogen-bond acceptors (Lipinski definition) is 6. The Morgan fingerprint density at radius 3 is 2.67 bits per heavy atom. The van der Waals surface area contributed by atoms with Crippen LogP contribution >= 0.6 is 0 Å². The number of nitrogens with zero attached hydrogens (tertiary/aromatic N) is 4. The van der Waals surface area contributed by atoms with E-state index < -0.39 is 0 Å². The number of hydrogen-bond donors (Lipinski definition) is 3. The molecule has 0 radical (unpaired) electrons. The fourth-order valence-electron chi connectivity index (χ4n) is 5.39. The van der Waals surface area contributed by atoms with Crippen molar-refractivity contribution < 1.29 is 0 Å². The van der Waals surface area contributed by atoms with E-state index >= 15 is 0 Å². The summed E-state index contributed by atoms with van der Waals surface area (Å²) in [7, 11) is 0. The summed E-state index contributed by atoms with van der Waals surface area (Å²) in [6.07, 6.45) is 9.20. The van der Waals surface area contributed by atoms with Gasteiger partial charge in [-0.2, -0.15) is 19.6 Å². The standard InChI is InChI=1S/C26H37N7/c1-18(2)22-16-30-33-23(22)31-24-29-17-26(10-12-27-13-11-26)9-5-4-6-20-8-7-19(3)14-21(20)15-28-25(33)32-24/h7-8,14,16,18,27H,4-6,9-13,15,17H2,1-3H3,(H2,28,29,31,32). The highest BCUT2D eigenvalue weighted by Gasteiger charge is 2.32. The molecule has 0 amide bonds. The quantitative estimate of drug-likeness (QED) is 0.503. The number of rotatable bonds is 1. The van der Waals surface area contributed by atoms with Gasteiger partial charge in [0, 0.05) is 18.7 Å². The molecule has 0 unspecified atom stereocenters. The van der Waals surface area contributed by atoms with Crippen molar-refractivity contribution in [2.24, 2.45) is 5.41 Å². The van der Waals surface area contributed by atoms with E-state index in [1.807, 2.05) is 10.7 Å². The molecule has 176 valence electrons. The maximum Gasteiger partial charge on any atom is 0.229 e. The molecule has 1 saturated heterocycles. The number of aryl methyl sites for hydroxylation is 2. The zero-order valence-electron chi connectivity index (χ0n) is 20.2. The monoisotopic (exact) mass is 447 g/mol. The Morgan fingerprint density at radius 1 is 1.00 bits per heavy atom. The lowest BCUT2D eigenvalue weighted by Gasteiger charge is -2.38. The van der Waals surface area contributed by atoms with Gasteiger partial charge in [0.1, 0.15) is 0 Å². The Balaban J connectivity index is 1.56. The summed E-state index contributed by atoms with van der Waals surface area (Å²) >= 11 is 0. The first kappa shape index (κ1) is 22.1. The molecular formula is C26H37N7. The fraction of sp³-hybridized carbons (Fsp3) is 0.577. The van der Waals surface area contributed by atoms with Crippen LogP contribution in [0.2, 0.25) is 0 Å². The molecule has 2 aromatic heterocycles. The third kappa shape index (κ3) is 4.69. The summed E-state index contributed by atoms with van der Waals surface area (Å²) in [6, 6.07) is 6.86. The van der Waals surface area contributed by atoms with E-state index in [2.05, 4.69) is 60.0 Å². The van der Waals surface area contributed by atoms with Gasteiger partial charge in [-0.3, -0.25) is 0 Å². The van der Waals surface area contributed by atoms with Crippen molar-refractivity contribution in [3.05, 3.63) is 46.6 Å². The lowest BCUT2D eigenvalue weighted by Crippen LogP contribution is -2.41. The molecule has 4 heterocycles. The zero-order chi connectivity index (χ0) is 22.8. The summed E-state index contributed by atoms with van der Waals surface area (Å²) < 4.78 is 1.86. The first-order valence-electron chi connectivity index (χ1n) is 12.6. The maximum absolute atomic E-state index is 4.92. The fourth-order valence-corrected chi connectivity index (χ4v) is 5.39. The Labute approximate surface area is 196 Å². The first-order valence-corrected chi connectivity index (χ1v) is 12.6. The minimum atomic E-state index is 0.301. The molecule has 2 aliphatic rings. The molecular weight excluding hydrogens is 410 g/mol. The largest absolute Gasteiger partial charge is 0.354 e. The van der Waals surface area contributed by atoms with Gasteiger partial charge in [-0.25, -0.2) is 0 Å². The number of fused-ring (bicyclic) bond motifs is 5. The highest BCUT2D eigenvalue weighted by Crippen LogP contribution is 2.35. The molecule has 0 atom stereocenters. The van der Waals surface area contributed by atoms with Gasteiger partial charge in [-0.15, -0.1) is 0 Å². The van der Waals surface area contributed by atoms with Gasteiger partial charge < -0.3 is 16.0 Å². The van der Waals surface area contributed by atoms with E-state index in [1.54, 1.807) is 0 Å². The van der Waals surface area contributed by atoms with Crippen LogP contribution in [0, 0.1) is 12.3 Å². The molecule has 5 rings (SSSR count). The second-order valence-electron chi connectivity index (χ2n) is 10.3. The highest BCUT2D eigenvalue weighted by atomic mass is 15.4. The average molecular weight is 448 g/mol. The SMILES string of the molecule is Cc1ccc2c(c1)CNc1nc(nc3c(C(C)C)cnn13)NCC1(CCCC2)CCNCC1. The van der Waals surface area contributed by atoms with Crippen molar-refractivity contribution in [3.63, 3.8) is 0 Å². The van der Waals surface area contributed by atoms with E-state index in [0.29, 0.717) is 17.3 Å². The van der Waals surface area contributed by atoms with Gasteiger partial charge in [0.05, 0.1) is 6.20 Å². The average Bonchev–Trinajstić information content (AvgIpc) is 3.25. The normalized spacial score (nSPS) is 19.0. The van der Waals surface area contributed by atoms with Gasteiger partial charge in [0.2, 0.25) is 11.9 Å². The number of nitrogens with one attached hydrogen (secondary N) is 3. The number of anilines is 2. The molecule has 0 aliphatic carbocycles. The smallest absolute Gasteiger partial charge is 0.229 e. The molecule has 3 aromatic rings. The lowest BCUT2D eigenvalue weighted by molar-refractivity contribution is 0.195. The minimum Gasteiger partial charge on any atom is -0.354 e. The van der Waals surface area contributed by atoms with Crippen LogP contribution in [0.1, 0.15) is 74.1 Å². The molecule has 7 nitrogen and oxygen atoms in total. The van der Waals surface area contributed by atoms with E-state index in [0.717, 1.165) is 49.8 Å². The van der Waals surface area contributed by atoms with Crippen molar-refractivity contribution in [1.82, 2.24) is 24.9 Å². The second-order valence-corrected chi connectivity index (χ2v) is 10.3. The van der Waals surface area contributed by atoms with Crippen LogP contribution in [0.25, 0.3) is 5.65 Å². The lowest BCUT2D eigenvalue weighted by atomic mass is 9.74. The van der Waals surface area contributed by atoms with Crippen LogP contribution in [0.15, 0.2) is 24.4 Å². The van der Waals surface area contributed by atoms with Gasteiger partial charge in [-0.1, -0.05) is 44.0 Å². The first-order chi connectivity index (χ1) is 16.0. The Bertz CT molecular complexity index is 1110. The maximum atomic E-state index is 4.92. The van der Waals surface area contributed by atoms with Crippen LogP contribution in [-0.2, 0) is 13.0 Å². The van der Waals surface area contributed by atoms with E-state index in [4.69, 9.17) is 9.97 Å². The Hall–Kier alpha value is -2.67. The highest BCUT2D eigenvalue weighted by molar-refractivity contribution is 5.56. The van der Waals surface area contributed by atoms with Crippen molar-refractivity contribution in [2.45, 2.75) is 71.8 Å². The molecule has 3 N–H and O–H groups in total. The van der Waals surface area contributed by atoms with Gasteiger partial charge >= 0.3 is 0 Å². The molecule has 1 aromatic carbocycles. The van der Waals surface area contributed by atoms with Crippen LogP contribution in [0.3, 0.4) is 0 Å².